The molecule has 0 aliphatic carbocycles. The highest BCUT2D eigenvalue weighted by molar-refractivity contribution is 6.68. The lowest BCUT2D eigenvalue weighted by Crippen LogP contribution is -2.59. The van der Waals surface area contributed by atoms with E-state index in [0.717, 1.165) is 16.9 Å². The Hall–Kier alpha value is 0.240. The molecule has 0 spiro atoms. The van der Waals surface area contributed by atoms with Gasteiger partial charge in [-0.25, -0.2) is 19.6 Å². The van der Waals surface area contributed by atoms with Crippen LogP contribution in [0.25, 0.3) is 12.2 Å². The number of hydrogen-bond acceptors (Lipinski definition) is 9. The Bertz CT molecular complexity index is 1400. The number of para-hydroxylation sites is 1. The fraction of sp³-hybridized carbons (Fsp3) is 0.448. The maximum absolute atomic E-state index is 6.00. The van der Waals surface area contributed by atoms with Gasteiger partial charge in [-0.2, -0.15) is 0 Å². The molecule has 0 aromatic heterocycles. The van der Waals surface area contributed by atoms with Crippen LogP contribution < -0.4 is 14.2 Å². The molecule has 0 atom stereocenters. The molecule has 2 aliphatic rings. The van der Waals surface area contributed by atoms with Crippen molar-refractivity contribution >= 4 is 151 Å². The molecule has 280 valence electrons. The molecule has 0 saturated carbocycles. The minimum atomic E-state index is -1.63. The first kappa shape index (κ1) is 44.6. The van der Waals surface area contributed by atoms with E-state index in [4.69, 9.17) is 153 Å². The Morgan fingerprint density at radius 1 is 0.480 bits per heavy atom. The summed E-state index contributed by atoms with van der Waals surface area (Å²) in [5.74, 6) is 2.02. The van der Waals surface area contributed by atoms with E-state index in [1.807, 2.05) is 76.8 Å². The van der Waals surface area contributed by atoms with Gasteiger partial charge in [0.2, 0.25) is 15.7 Å². The summed E-state index contributed by atoms with van der Waals surface area (Å²) in [6.07, 6.45) is 7.43. The van der Waals surface area contributed by atoms with Crippen LogP contribution >= 0.6 is 139 Å². The van der Waals surface area contributed by atoms with Crippen LogP contribution in [-0.4, -0.2) is 106 Å². The van der Waals surface area contributed by atoms with E-state index in [2.05, 4.69) is 0 Å². The van der Waals surface area contributed by atoms with E-state index >= 15 is 0 Å². The number of methoxy groups -OCH3 is 3. The molecule has 2 aliphatic heterocycles. The summed E-state index contributed by atoms with van der Waals surface area (Å²) in [5, 5.41) is 0. The Kier molecular flexibility index (Phi) is 17.1. The largest absolute Gasteiger partial charge is 0.496 e. The van der Waals surface area contributed by atoms with Crippen molar-refractivity contribution in [2.45, 2.75) is 15.7 Å². The van der Waals surface area contributed by atoms with Crippen LogP contribution in [0.1, 0.15) is 11.1 Å². The van der Waals surface area contributed by atoms with Crippen molar-refractivity contribution in [2.75, 3.05) is 61.3 Å². The Balaban J connectivity index is 0.000000271. The second-order valence-electron chi connectivity index (χ2n) is 10.5. The molecule has 21 heteroatoms. The highest BCUT2D eigenvalue weighted by Crippen LogP contribution is 2.39. The molecule has 2 fully saturated rings. The van der Waals surface area contributed by atoms with Crippen LogP contribution in [0.15, 0.2) is 54.9 Å². The molecule has 2 aromatic rings. The summed E-state index contributed by atoms with van der Waals surface area (Å²) in [4.78, 5) is 9.90. The molecule has 2 heterocycles. The minimum Gasteiger partial charge on any atom is -0.496 e. The molecule has 2 saturated heterocycles. The number of ether oxygens (including phenoxy) is 3. The highest BCUT2D eigenvalue weighted by atomic mass is 35.6. The first-order valence-corrected chi connectivity index (χ1v) is 18.7. The van der Waals surface area contributed by atoms with E-state index in [0.29, 0.717) is 38.2 Å². The first-order chi connectivity index (χ1) is 23.1. The third kappa shape index (κ3) is 13.8. The SMILES string of the molecule is COc1ccc(C=CN2CN(C(Cl)(Cl)Cl)CN(C(Cl)(Cl)Cl)C2)cc1OC.COc1ccccc1C=CN1CN(C(Cl)(Cl)Cl)CN(C(Cl)(Cl)Cl)C1. The summed E-state index contributed by atoms with van der Waals surface area (Å²) in [6, 6.07) is 13.2. The van der Waals surface area contributed by atoms with Crippen molar-refractivity contribution in [3.05, 3.63) is 66.0 Å². The number of rotatable bonds is 7. The zero-order chi connectivity index (χ0) is 37.5. The predicted molar refractivity (Wildman–Crippen MR) is 212 cm³/mol. The monoisotopic (exact) mass is 932 g/mol. The summed E-state index contributed by atoms with van der Waals surface area (Å²) in [5.41, 5.74) is 1.81. The van der Waals surface area contributed by atoms with Crippen molar-refractivity contribution in [3.63, 3.8) is 0 Å². The second kappa shape index (κ2) is 19.2. The number of benzene rings is 2. The van der Waals surface area contributed by atoms with Crippen molar-refractivity contribution < 1.29 is 14.2 Å². The van der Waals surface area contributed by atoms with Gasteiger partial charge in [-0.1, -0.05) is 163 Å². The third-order valence-corrected chi connectivity index (χ3v) is 9.88. The molecule has 0 radical (unpaired) electrons. The van der Waals surface area contributed by atoms with Gasteiger partial charge in [0.1, 0.15) is 5.75 Å². The molecule has 50 heavy (non-hydrogen) atoms. The maximum atomic E-state index is 6.00. The zero-order valence-electron chi connectivity index (χ0n) is 26.5. The summed E-state index contributed by atoms with van der Waals surface area (Å²) >= 11 is 71.9. The molecular formula is C29H32Cl12N6O3. The average molecular weight is 938 g/mol. The smallest absolute Gasteiger partial charge is 0.250 e. The minimum absolute atomic E-state index is 0.188. The van der Waals surface area contributed by atoms with Gasteiger partial charge < -0.3 is 24.0 Å². The lowest BCUT2D eigenvalue weighted by Gasteiger charge is -2.46. The third-order valence-electron chi connectivity index (χ3n) is 7.02. The van der Waals surface area contributed by atoms with Gasteiger partial charge in [-0.15, -0.1) is 0 Å². The maximum Gasteiger partial charge on any atom is 0.250 e. The fourth-order valence-electron chi connectivity index (χ4n) is 4.53. The quantitative estimate of drug-likeness (QED) is 0.200. The van der Waals surface area contributed by atoms with Gasteiger partial charge in [0.15, 0.2) is 11.5 Å². The van der Waals surface area contributed by atoms with Gasteiger partial charge in [-0.3, -0.25) is 0 Å². The van der Waals surface area contributed by atoms with Crippen LogP contribution in [0.3, 0.4) is 0 Å². The van der Waals surface area contributed by atoms with Gasteiger partial charge >= 0.3 is 0 Å². The molecule has 0 amide bonds. The van der Waals surface area contributed by atoms with Crippen LogP contribution in [0.2, 0.25) is 0 Å². The van der Waals surface area contributed by atoms with Gasteiger partial charge in [0.25, 0.3) is 0 Å². The lowest BCUT2D eigenvalue weighted by atomic mass is 10.2. The van der Waals surface area contributed by atoms with E-state index < -0.39 is 15.7 Å². The fourth-order valence-corrected chi connectivity index (χ4v) is 5.81. The number of hydrogen-bond donors (Lipinski definition) is 0. The lowest BCUT2D eigenvalue weighted by molar-refractivity contribution is -0.00902. The van der Waals surface area contributed by atoms with Gasteiger partial charge in [0, 0.05) is 18.0 Å². The zero-order valence-corrected chi connectivity index (χ0v) is 35.6. The molecule has 0 bridgehead atoms. The standard InChI is InChI=1S/C15H17Cl6N3O2.C14H15Cl6N3O/c1-25-12-4-3-11(7-13(12)26-2)5-6-22-8-23(14(16,17)18)10-24(9-22)15(19,20)21;1-24-12-5-3-2-4-11(12)6-7-21-8-22(13(15,16)17)10-23(9-21)14(18,19)20/h3-7H,8-10H2,1-2H3;2-7H,8-10H2,1H3. The first-order valence-electron chi connectivity index (χ1n) is 14.1. The van der Waals surface area contributed by atoms with E-state index in [1.165, 1.54) is 0 Å². The molecule has 9 nitrogen and oxygen atoms in total. The molecule has 0 unspecified atom stereocenters. The molecular weight excluding hydrogens is 906 g/mol. The summed E-state index contributed by atoms with van der Waals surface area (Å²) in [7, 11) is 4.77. The van der Waals surface area contributed by atoms with Crippen LogP contribution in [-0.2, 0) is 0 Å². The Morgan fingerprint density at radius 2 is 0.880 bits per heavy atom. The van der Waals surface area contributed by atoms with E-state index in [-0.39, 0.29) is 13.3 Å². The van der Waals surface area contributed by atoms with Crippen molar-refractivity contribution in [3.8, 4) is 17.2 Å². The molecule has 4 rings (SSSR count). The summed E-state index contributed by atoms with van der Waals surface area (Å²) in [6.45, 7) is 1.80. The van der Waals surface area contributed by atoms with E-state index in [1.54, 1.807) is 40.9 Å². The molecule has 2 aromatic carbocycles. The van der Waals surface area contributed by atoms with Gasteiger partial charge in [-0.05, 0) is 35.9 Å². The van der Waals surface area contributed by atoms with Gasteiger partial charge in [0.05, 0.1) is 61.3 Å². The summed E-state index contributed by atoms with van der Waals surface area (Å²) < 4.78 is 9.34. The van der Waals surface area contributed by atoms with Crippen molar-refractivity contribution in [2.24, 2.45) is 0 Å². The van der Waals surface area contributed by atoms with Crippen LogP contribution in [0, 0.1) is 0 Å². The van der Waals surface area contributed by atoms with Crippen molar-refractivity contribution in [1.82, 2.24) is 29.4 Å². The normalized spacial score (nSPS) is 18.1. The van der Waals surface area contributed by atoms with Crippen LogP contribution in [0.4, 0.5) is 0 Å². The predicted octanol–water partition coefficient (Wildman–Crippen LogP) is 10.2. The van der Waals surface area contributed by atoms with Crippen LogP contribution in [0.5, 0.6) is 17.2 Å². The number of halogens is 12. The highest BCUT2D eigenvalue weighted by Gasteiger charge is 2.42. The topological polar surface area (TPSA) is 47.1 Å². The Labute approximate surface area is 352 Å². The second-order valence-corrected chi connectivity index (χ2v) is 19.4. The molecule has 0 N–H and O–H groups in total. The van der Waals surface area contributed by atoms with E-state index in [9.17, 15) is 0 Å². The average Bonchev–Trinajstić information content (AvgIpc) is 3.04. The number of nitrogens with zero attached hydrogens (tertiary/aromatic N) is 6. The Morgan fingerprint density at radius 3 is 1.28 bits per heavy atom. The van der Waals surface area contributed by atoms with Crippen molar-refractivity contribution in [1.29, 1.82) is 0 Å². The number of alkyl halides is 12.